The van der Waals surface area contributed by atoms with E-state index >= 15 is 0 Å². The fraction of sp³-hybridized carbons (Fsp3) is 0.200. The summed E-state index contributed by atoms with van der Waals surface area (Å²) in [5.41, 5.74) is 1.79. The van der Waals surface area contributed by atoms with Crippen LogP contribution in [0.2, 0.25) is 0 Å². The molecule has 4 aromatic heterocycles. The van der Waals surface area contributed by atoms with Crippen molar-refractivity contribution in [1.29, 1.82) is 0 Å². The molecule has 4 rings (SSSR count). The molecule has 142 valence electrons. The van der Waals surface area contributed by atoms with Crippen LogP contribution in [0.1, 0.15) is 23.9 Å². The lowest BCUT2D eigenvalue weighted by Gasteiger charge is -2.17. The Morgan fingerprint density at radius 3 is 2.86 bits per heavy atom. The van der Waals surface area contributed by atoms with Gasteiger partial charge in [0.05, 0.1) is 12.5 Å². The number of hydrogen-bond acceptors (Lipinski definition) is 6. The molecule has 0 aromatic carbocycles. The molecule has 0 bridgehead atoms. The van der Waals surface area contributed by atoms with E-state index in [1.54, 1.807) is 17.5 Å². The number of hydrogen-bond donors (Lipinski definition) is 1. The average molecular weight is 393 g/mol. The molecule has 0 unspecified atom stereocenters. The first-order valence-electron chi connectivity index (χ1n) is 8.95. The van der Waals surface area contributed by atoms with Crippen LogP contribution in [0, 0.1) is 0 Å². The van der Waals surface area contributed by atoms with Gasteiger partial charge < -0.3 is 14.4 Å². The molecule has 4 heterocycles. The number of amides is 1. The summed E-state index contributed by atoms with van der Waals surface area (Å²) in [5.74, 6) is 0.905. The second-order valence-electron chi connectivity index (χ2n) is 6.23. The molecule has 0 spiro atoms. The molecule has 0 aliphatic rings. The van der Waals surface area contributed by atoms with Crippen molar-refractivity contribution >= 4 is 17.2 Å². The van der Waals surface area contributed by atoms with E-state index in [-0.39, 0.29) is 11.9 Å². The van der Waals surface area contributed by atoms with Gasteiger partial charge in [-0.25, -0.2) is 0 Å². The summed E-state index contributed by atoms with van der Waals surface area (Å²) >= 11 is 1.63. The highest BCUT2D eigenvalue weighted by molar-refractivity contribution is 7.08. The maximum atomic E-state index is 12.5. The topological polar surface area (TPSA) is 85.8 Å². The third kappa shape index (κ3) is 4.34. The van der Waals surface area contributed by atoms with Crippen LogP contribution in [0.5, 0.6) is 0 Å². The van der Waals surface area contributed by atoms with Gasteiger partial charge in [-0.1, -0.05) is 11.2 Å². The maximum absolute atomic E-state index is 12.5. The zero-order chi connectivity index (χ0) is 19.2. The van der Waals surface area contributed by atoms with Crippen molar-refractivity contribution in [3.05, 3.63) is 77.2 Å². The van der Waals surface area contributed by atoms with E-state index in [4.69, 9.17) is 4.52 Å². The molecular formula is C20H19N5O2S. The zero-order valence-corrected chi connectivity index (χ0v) is 15.9. The Morgan fingerprint density at radius 2 is 2.11 bits per heavy atom. The third-order valence-electron chi connectivity index (χ3n) is 4.32. The predicted molar refractivity (Wildman–Crippen MR) is 106 cm³/mol. The number of thiophene rings is 1. The SMILES string of the molecule is O=C(C[C@@H](c1ccsc1)n1cccc1)NCCc1nc(-c2ccccn2)no1. The van der Waals surface area contributed by atoms with E-state index in [1.807, 2.05) is 48.1 Å². The second kappa shape index (κ2) is 8.62. The van der Waals surface area contributed by atoms with Crippen molar-refractivity contribution in [2.45, 2.75) is 18.9 Å². The monoisotopic (exact) mass is 393 g/mol. The molecule has 4 aromatic rings. The molecule has 1 N–H and O–H groups in total. The van der Waals surface area contributed by atoms with Gasteiger partial charge in [0.15, 0.2) is 0 Å². The van der Waals surface area contributed by atoms with E-state index < -0.39 is 0 Å². The van der Waals surface area contributed by atoms with Gasteiger partial charge in [0.25, 0.3) is 0 Å². The largest absolute Gasteiger partial charge is 0.356 e. The van der Waals surface area contributed by atoms with Crippen LogP contribution in [0.25, 0.3) is 11.5 Å². The fourth-order valence-electron chi connectivity index (χ4n) is 2.93. The first-order valence-corrected chi connectivity index (χ1v) is 9.89. The first kappa shape index (κ1) is 18.1. The van der Waals surface area contributed by atoms with Crippen LogP contribution in [-0.4, -0.2) is 32.1 Å². The lowest BCUT2D eigenvalue weighted by molar-refractivity contribution is -0.121. The van der Waals surface area contributed by atoms with Gasteiger partial charge in [0, 0.05) is 31.6 Å². The number of carbonyl (C=O) groups is 1. The number of aromatic nitrogens is 4. The van der Waals surface area contributed by atoms with E-state index in [2.05, 4.69) is 36.5 Å². The Balaban J connectivity index is 1.31. The van der Waals surface area contributed by atoms with Gasteiger partial charge in [-0.3, -0.25) is 9.78 Å². The van der Waals surface area contributed by atoms with Gasteiger partial charge >= 0.3 is 0 Å². The van der Waals surface area contributed by atoms with E-state index in [9.17, 15) is 4.79 Å². The normalized spacial score (nSPS) is 12.0. The van der Waals surface area contributed by atoms with Crippen LogP contribution in [0.3, 0.4) is 0 Å². The van der Waals surface area contributed by atoms with Gasteiger partial charge in [-0.2, -0.15) is 16.3 Å². The zero-order valence-electron chi connectivity index (χ0n) is 15.1. The van der Waals surface area contributed by atoms with Crippen LogP contribution in [0.15, 0.2) is 70.3 Å². The lowest BCUT2D eigenvalue weighted by Crippen LogP contribution is -2.28. The van der Waals surface area contributed by atoms with E-state index in [0.717, 1.165) is 5.56 Å². The molecule has 7 nitrogen and oxygen atoms in total. The molecule has 8 heteroatoms. The van der Waals surface area contributed by atoms with Gasteiger partial charge in [0.1, 0.15) is 5.69 Å². The minimum absolute atomic E-state index is 0.0135. The molecular weight excluding hydrogens is 374 g/mol. The summed E-state index contributed by atoms with van der Waals surface area (Å²) in [4.78, 5) is 21.0. The Labute approximate surface area is 166 Å². The average Bonchev–Trinajstić information content (AvgIpc) is 3.49. The lowest BCUT2D eigenvalue weighted by atomic mass is 10.1. The molecule has 0 radical (unpaired) electrons. The second-order valence-corrected chi connectivity index (χ2v) is 7.01. The number of nitrogens with zero attached hydrogens (tertiary/aromatic N) is 4. The Bertz CT molecular complexity index is 962. The molecule has 1 amide bonds. The smallest absolute Gasteiger partial charge is 0.228 e. The van der Waals surface area contributed by atoms with Crippen molar-refractivity contribution in [3.8, 4) is 11.5 Å². The summed E-state index contributed by atoms with van der Waals surface area (Å²) in [6, 6.07) is 11.5. The Hall–Kier alpha value is -3.26. The summed E-state index contributed by atoms with van der Waals surface area (Å²) in [6.45, 7) is 0.435. The maximum Gasteiger partial charge on any atom is 0.228 e. The quantitative estimate of drug-likeness (QED) is 0.496. The van der Waals surface area contributed by atoms with Crippen LogP contribution in [0.4, 0.5) is 0 Å². The molecule has 28 heavy (non-hydrogen) atoms. The highest BCUT2D eigenvalue weighted by atomic mass is 32.1. The highest BCUT2D eigenvalue weighted by Crippen LogP contribution is 2.24. The minimum atomic E-state index is -0.0191. The number of rotatable bonds is 8. The molecule has 0 saturated heterocycles. The number of pyridine rings is 1. The number of nitrogens with one attached hydrogen (secondary N) is 1. The summed E-state index contributed by atoms with van der Waals surface area (Å²) in [6.07, 6.45) is 6.48. The van der Waals surface area contributed by atoms with Gasteiger partial charge in [-0.15, -0.1) is 0 Å². The first-order chi connectivity index (χ1) is 13.8. The van der Waals surface area contributed by atoms with Gasteiger partial charge in [-0.05, 0) is 46.7 Å². The Morgan fingerprint density at radius 1 is 1.21 bits per heavy atom. The standard InChI is InChI=1S/C20H19N5O2S/c26-18(13-17(15-7-12-28-14-15)25-10-3-4-11-25)22-9-6-19-23-20(24-27-19)16-5-1-2-8-21-16/h1-5,7-8,10-12,14,17H,6,9,13H2,(H,22,26)/t17-/m0/s1. The fourth-order valence-corrected chi connectivity index (χ4v) is 3.63. The van der Waals surface area contributed by atoms with Crippen molar-refractivity contribution < 1.29 is 9.32 Å². The van der Waals surface area contributed by atoms with Crippen LogP contribution >= 0.6 is 11.3 Å². The summed E-state index contributed by atoms with van der Waals surface area (Å²) in [5, 5.41) is 11.0. The third-order valence-corrected chi connectivity index (χ3v) is 5.02. The van der Waals surface area contributed by atoms with Gasteiger partial charge in [0.2, 0.25) is 17.6 Å². The van der Waals surface area contributed by atoms with Crippen molar-refractivity contribution in [1.82, 2.24) is 25.0 Å². The molecule has 0 aliphatic carbocycles. The van der Waals surface area contributed by atoms with Crippen molar-refractivity contribution in [2.75, 3.05) is 6.54 Å². The van der Waals surface area contributed by atoms with Crippen LogP contribution < -0.4 is 5.32 Å². The molecule has 1 atom stereocenters. The van der Waals surface area contributed by atoms with Crippen molar-refractivity contribution in [3.63, 3.8) is 0 Å². The minimum Gasteiger partial charge on any atom is -0.356 e. The van der Waals surface area contributed by atoms with E-state index in [1.165, 1.54) is 0 Å². The molecule has 0 saturated carbocycles. The Kier molecular flexibility index (Phi) is 5.58. The van der Waals surface area contributed by atoms with E-state index in [0.29, 0.717) is 36.8 Å². The van der Waals surface area contributed by atoms with Crippen molar-refractivity contribution in [2.24, 2.45) is 0 Å². The summed E-state index contributed by atoms with van der Waals surface area (Å²) < 4.78 is 7.30. The highest BCUT2D eigenvalue weighted by Gasteiger charge is 2.18. The molecule has 0 aliphatic heterocycles. The number of carbonyl (C=O) groups excluding carboxylic acids is 1. The van der Waals surface area contributed by atoms with Crippen LogP contribution in [-0.2, 0) is 11.2 Å². The molecule has 0 fully saturated rings. The summed E-state index contributed by atoms with van der Waals surface area (Å²) in [7, 11) is 0. The predicted octanol–water partition coefficient (Wildman–Crippen LogP) is 3.33.